The molecule has 1 aromatic heterocycles. The first kappa shape index (κ1) is 13.7. The lowest BCUT2D eigenvalue weighted by molar-refractivity contribution is 0.103. The molecule has 0 saturated carbocycles. The van der Waals surface area contributed by atoms with E-state index in [4.69, 9.17) is 0 Å². The van der Waals surface area contributed by atoms with Gasteiger partial charge in [-0.15, -0.1) is 5.10 Å². The Hall–Kier alpha value is -0.720. The second-order valence-electron chi connectivity index (χ2n) is 4.98. The van der Waals surface area contributed by atoms with E-state index in [1.54, 1.807) is 0 Å². The molecule has 1 aliphatic rings. The molecule has 0 radical (unpaired) electrons. The first-order valence-corrected chi connectivity index (χ1v) is 7.49. The topological polar surface area (TPSA) is 44.3 Å². The first-order valence-electron chi connectivity index (χ1n) is 6.72. The monoisotopic (exact) mass is 269 g/mol. The maximum Gasteiger partial charge on any atom is 0.134 e. The summed E-state index contributed by atoms with van der Waals surface area (Å²) >= 11 is 1.46. The number of hydrogen-bond donors (Lipinski definition) is 1. The fourth-order valence-electron chi connectivity index (χ4n) is 2.26. The van der Waals surface area contributed by atoms with Crippen LogP contribution in [0.5, 0.6) is 0 Å². The van der Waals surface area contributed by atoms with Gasteiger partial charge in [-0.3, -0.25) is 9.80 Å². The van der Waals surface area contributed by atoms with Crippen molar-refractivity contribution in [2.24, 2.45) is 0 Å². The molecular weight excluding hydrogens is 246 g/mol. The molecule has 1 N–H and O–H groups in total. The van der Waals surface area contributed by atoms with Crippen molar-refractivity contribution in [1.82, 2.24) is 19.4 Å². The van der Waals surface area contributed by atoms with Gasteiger partial charge in [0.05, 0.1) is 0 Å². The smallest absolute Gasteiger partial charge is 0.134 e. The number of anilines is 1. The van der Waals surface area contributed by atoms with Gasteiger partial charge in [0.15, 0.2) is 0 Å². The van der Waals surface area contributed by atoms with E-state index in [0.717, 1.165) is 50.0 Å². The maximum atomic E-state index is 4.23. The second kappa shape index (κ2) is 6.45. The minimum Gasteiger partial charge on any atom is -0.374 e. The van der Waals surface area contributed by atoms with Gasteiger partial charge in [-0.05, 0) is 20.8 Å². The molecule has 5 nitrogen and oxygen atoms in total. The predicted octanol–water partition coefficient (Wildman–Crippen LogP) is 1.50. The van der Waals surface area contributed by atoms with Crippen molar-refractivity contribution in [1.29, 1.82) is 0 Å². The quantitative estimate of drug-likeness (QED) is 0.877. The van der Waals surface area contributed by atoms with Crippen molar-refractivity contribution in [3.63, 3.8) is 0 Å². The van der Waals surface area contributed by atoms with Gasteiger partial charge in [0.1, 0.15) is 10.7 Å². The Morgan fingerprint density at radius 3 is 2.61 bits per heavy atom. The summed E-state index contributed by atoms with van der Waals surface area (Å²) in [5.74, 6) is 0. The Kier molecular flexibility index (Phi) is 4.91. The Bertz CT molecular complexity index is 357. The highest BCUT2D eigenvalue weighted by molar-refractivity contribution is 7.10. The molecule has 0 spiro atoms. The Morgan fingerprint density at radius 1 is 1.28 bits per heavy atom. The average molecular weight is 269 g/mol. The van der Waals surface area contributed by atoms with Crippen LogP contribution in [0.15, 0.2) is 0 Å². The highest BCUT2D eigenvalue weighted by Crippen LogP contribution is 2.19. The van der Waals surface area contributed by atoms with Gasteiger partial charge in [-0.2, -0.15) is 0 Å². The normalized spacial score (nSPS) is 18.4. The van der Waals surface area contributed by atoms with E-state index in [2.05, 4.69) is 45.5 Å². The molecule has 0 atom stereocenters. The Morgan fingerprint density at radius 2 is 2.00 bits per heavy atom. The van der Waals surface area contributed by atoms with Crippen molar-refractivity contribution in [2.75, 3.05) is 38.0 Å². The number of rotatable bonds is 5. The molecule has 1 aliphatic heterocycles. The molecule has 1 fully saturated rings. The van der Waals surface area contributed by atoms with E-state index in [-0.39, 0.29) is 0 Å². The first-order chi connectivity index (χ1) is 8.70. The Labute approximate surface area is 113 Å². The summed E-state index contributed by atoms with van der Waals surface area (Å²) in [6.45, 7) is 13.1. The minimum atomic E-state index is 0.658. The lowest BCUT2D eigenvalue weighted by Gasteiger charge is -2.36. The molecule has 2 rings (SSSR count). The minimum absolute atomic E-state index is 0.658. The highest BCUT2D eigenvalue weighted by atomic mass is 32.1. The van der Waals surface area contributed by atoms with Gasteiger partial charge in [0, 0.05) is 56.8 Å². The lowest BCUT2D eigenvalue weighted by Crippen LogP contribution is -2.48. The maximum absolute atomic E-state index is 4.23. The van der Waals surface area contributed by atoms with Crippen LogP contribution in [0, 0.1) is 0 Å². The van der Waals surface area contributed by atoms with Crippen LogP contribution in [0.3, 0.4) is 0 Å². The third-order valence-corrected chi connectivity index (χ3v) is 4.13. The summed E-state index contributed by atoms with van der Waals surface area (Å²) in [4.78, 5) is 5.00. The van der Waals surface area contributed by atoms with E-state index in [1.807, 2.05) is 0 Å². The molecule has 1 aromatic rings. The summed E-state index contributed by atoms with van der Waals surface area (Å²) in [5, 5.41) is 8.69. The molecule has 2 heterocycles. The summed E-state index contributed by atoms with van der Waals surface area (Å²) in [6.07, 6.45) is 0. The SMILES string of the molecule is CCNc1snnc1CN1CCN(C(C)C)CC1. The van der Waals surface area contributed by atoms with Gasteiger partial charge in [-0.25, -0.2) is 0 Å². The molecule has 0 aliphatic carbocycles. The van der Waals surface area contributed by atoms with Crippen LogP contribution in [-0.2, 0) is 6.54 Å². The van der Waals surface area contributed by atoms with Crippen LogP contribution < -0.4 is 5.32 Å². The third-order valence-electron chi connectivity index (χ3n) is 3.40. The van der Waals surface area contributed by atoms with Crippen molar-refractivity contribution in [3.8, 4) is 0 Å². The molecule has 0 amide bonds. The molecule has 0 unspecified atom stereocenters. The fraction of sp³-hybridized carbons (Fsp3) is 0.833. The van der Waals surface area contributed by atoms with E-state index < -0.39 is 0 Å². The number of nitrogens with one attached hydrogen (secondary N) is 1. The zero-order valence-electron chi connectivity index (χ0n) is 11.5. The van der Waals surface area contributed by atoms with Gasteiger partial charge in [0.2, 0.25) is 0 Å². The van der Waals surface area contributed by atoms with Crippen molar-refractivity contribution in [3.05, 3.63) is 5.69 Å². The van der Waals surface area contributed by atoms with Crippen LogP contribution in [0.1, 0.15) is 26.5 Å². The van der Waals surface area contributed by atoms with Gasteiger partial charge < -0.3 is 5.32 Å². The van der Waals surface area contributed by atoms with Crippen molar-refractivity contribution < 1.29 is 0 Å². The van der Waals surface area contributed by atoms with Crippen LogP contribution in [0.2, 0.25) is 0 Å². The third kappa shape index (κ3) is 3.40. The van der Waals surface area contributed by atoms with Crippen LogP contribution in [0.25, 0.3) is 0 Å². The van der Waals surface area contributed by atoms with Crippen LogP contribution >= 0.6 is 11.5 Å². The molecule has 6 heteroatoms. The molecule has 18 heavy (non-hydrogen) atoms. The molecular formula is C12H23N5S. The van der Waals surface area contributed by atoms with Crippen LogP contribution in [-0.4, -0.2) is 58.2 Å². The summed E-state index contributed by atoms with van der Waals surface area (Å²) in [6, 6.07) is 0.658. The van der Waals surface area contributed by atoms with Gasteiger partial charge in [-0.1, -0.05) is 4.49 Å². The van der Waals surface area contributed by atoms with E-state index >= 15 is 0 Å². The van der Waals surface area contributed by atoms with Gasteiger partial charge >= 0.3 is 0 Å². The van der Waals surface area contributed by atoms with E-state index in [1.165, 1.54) is 11.5 Å². The fourth-order valence-corrected chi connectivity index (χ4v) is 2.90. The predicted molar refractivity (Wildman–Crippen MR) is 76.1 cm³/mol. The largest absolute Gasteiger partial charge is 0.374 e. The van der Waals surface area contributed by atoms with Crippen molar-refractivity contribution >= 4 is 16.5 Å². The standard InChI is InChI=1S/C12H23N5S/c1-4-13-12-11(14-15-18-12)9-16-5-7-17(8-6-16)10(2)3/h10,13H,4-9H2,1-3H3. The average Bonchev–Trinajstić information content (AvgIpc) is 2.78. The zero-order chi connectivity index (χ0) is 13.0. The van der Waals surface area contributed by atoms with Crippen molar-refractivity contribution in [2.45, 2.75) is 33.4 Å². The second-order valence-corrected chi connectivity index (χ2v) is 5.74. The summed E-state index contributed by atoms with van der Waals surface area (Å²) < 4.78 is 4.04. The summed E-state index contributed by atoms with van der Waals surface area (Å²) in [5.41, 5.74) is 1.10. The number of nitrogens with zero attached hydrogens (tertiary/aromatic N) is 4. The number of hydrogen-bond acceptors (Lipinski definition) is 6. The number of aromatic nitrogens is 2. The lowest BCUT2D eigenvalue weighted by atomic mass is 10.2. The molecule has 1 saturated heterocycles. The zero-order valence-corrected chi connectivity index (χ0v) is 12.3. The van der Waals surface area contributed by atoms with Crippen LogP contribution in [0.4, 0.5) is 5.00 Å². The highest BCUT2D eigenvalue weighted by Gasteiger charge is 2.20. The van der Waals surface area contributed by atoms with E-state index in [0.29, 0.717) is 6.04 Å². The summed E-state index contributed by atoms with van der Waals surface area (Å²) in [7, 11) is 0. The Balaban J connectivity index is 1.85. The molecule has 0 bridgehead atoms. The molecule has 102 valence electrons. The van der Waals surface area contributed by atoms with Gasteiger partial charge in [0.25, 0.3) is 0 Å². The van der Waals surface area contributed by atoms with E-state index in [9.17, 15) is 0 Å². The molecule has 0 aromatic carbocycles. The number of piperazine rings is 1.